The maximum Gasteiger partial charge on any atom is 0.431 e. The molecule has 0 N–H and O–H groups in total. The summed E-state index contributed by atoms with van der Waals surface area (Å²) in [6.45, 7) is 0. The van der Waals surface area contributed by atoms with Gasteiger partial charge in [-0.25, -0.2) is 9.36 Å². The van der Waals surface area contributed by atoms with Crippen LogP contribution < -0.4 is 20.7 Å². The summed E-state index contributed by atoms with van der Waals surface area (Å²) in [5.74, 6) is 0.590. The van der Waals surface area contributed by atoms with Gasteiger partial charge in [-0.3, -0.25) is 9.36 Å². The van der Waals surface area contributed by atoms with E-state index < -0.39 is 23.1 Å². The number of ether oxygens (including phenoxy) is 2. The van der Waals surface area contributed by atoms with E-state index in [9.17, 15) is 22.8 Å². The second-order valence-electron chi connectivity index (χ2n) is 4.58. The van der Waals surface area contributed by atoms with Crippen molar-refractivity contribution in [2.45, 2.75) is 6.18 Å². The van der Waals surface area contributed by atoms with Crippen molar-refractivity contribution < 1.29 is 22.6 Å². The van der Waals surface area contributed by atoms with Crippen molar-refractivity contribution in [3.05, 3.63) is 50.8 Å². The molecule has 0 radical (unpaired) electrons. The maximum atomic E-state index is 12.8. The van der Waals surface area contributed by atoms with Crippen molar-refractivity contribution in [3.63, 3.8) is 0 Å². The third kappa shape index (κ3) is 2.94. The topological polar surface area (TPSA) is 62.5 Å². The van der Waals surface area contributed by atoms with Gasteiger partial charge in [0.15, 0.2) is 11.5 Å². The van der Waals surface area contributed by atoms with Crippen molar-refractivity contribution in [3.8, 4) is 17.2 Å². The molecule has 0 atom stereocenters. The fourth-order valence-corrected chi connectivity index (χ4v) is 2.10. The van der Waals surface area contributed by atoms with Gasteiger partial charge in [-0.2, -0.15) is 13.2 Å². The summed E-state index contributed by atoms with van der Waals surface area (Å²) in [6, 6.07) is 4.52. The van der Waals surface area contributed by atoms with E-state index in [4.69, 9.17) is 9.47 Å². The lowest BCUT2D eigenvalue weighted by Crippen LogP contribution is -2.40. The van der Waals surface area contributed by atoms with Crippen LogP contribution in [0.15, 0.2) is 33.9 Å². The number of alkyl halides is 3. The summed E-state index contributed by atoms with van der Waals surface area (Å²) in [5.41, 5.74) is -3.45. The molecule has 0 bridgehead atoms. The average Bonchev–Trinajstić information content (AvgIpc) is 2.49. The van der Waals surface area contributed by atoms with E-state index in [0.717, 1.165) is 7.05 Å². The molecule has 1 aromatic heterocycles. The molecule has 2 aromatic rings. The number of nitrogens with zero attached hydrogens (tertiary/aromatic N) is 2. The molecule has 23 heavy (non-hydrogen) atoms. The summed E-state index contributed by atoms with van der Waals surface area (Å²) in [4.78, 5) is 24.2. The molecular weight excluding hydrogens is 317 g/mol. The highest BCUT2D eigenvalue weighted by Gasteiger charge is 2.35. The van der Waals surface area contributed by atoms with Crippen LogP contribution in [-0.2, 0) is 13.2 Å². The number of aromatic nitrogens is 2. The van der Waals surface area contributed by atoms with Gasteiger partial charge in [0.2, 0.25) is 0 Å². The first kappa shape index (κ1) is 16.7. The lowest BCUT2D eigenvalue weighted by molar-refractivity contribution is -0.144. The summed E-state index contributed by atoms with van der Waals surface area (Å²) in [5, 5.41) is 0. The molecule has 0 saturated heterocycles. The summed E-state index contributed by atoms with van der Waals surface area (Å²) >= 11 is 0. The maximum absolute atomic E-state index is 12.8. The van der Waals surface area contributed by atoms with Gasteiger partial charge < -0.3 is 9.47 Å². The Hall–Kier alpha value is -2.71. The third-order valence-electron chi connectivity index (χ3n) is 3.24. The molecule has 0 saturated carbocycles. The van der Waals surface area contributed by atoms with Crippen LogP contribution in [0.5, 0.6) is 11.5 Å². The zero-order valence-corrected chi connectivity index (χ0v) is 12.5. The van der Waals surface area contributed by atoms with E-state index in [2.05, 4.69) is 0 Å². The number of hydrogen-bond donors (Lipinski definition) is 0. The van der Waals surface area contributed by atoms with Crippen LogP contribution in [0.2, 0.25) is 0 Å². The van der Waals surface area contributed by atoms with Crippen LogP contribution in [-0.4, -0.2) is 23.4 Å². The molecule has 9 heteroatoms. The molecule has 0 fully saturated rings. The number of hydrogen-bond acceptors (Lipinski definition) is 4. The molecule has 124 valence electrons. The Morgan fingerprint density at radius 2 is 1.61 bits per heavy atom. The van der Waals surface area contributed by atoms with Crippen LogP contribution in [0, 0.1) is 0 Å². The standard InChI is InChI=1S/C14H13F3N2O4/c1-18-11(14(15,16)17)7-12(20)19(13(18)21)8-4-5-9(22-2)10(6-8)23-3/h4-7H,1-3H3. The highest BCUT2D eigenvalue weighted by molar-refractivity contribution is 5.48. The Kier molecular flexibility index (Phi) is 4.22. The first-order chi connectivity index (χ1) is 10.7. The molecule has 2 rings (SSSR count). The van der Waals surface area contributed by atoms with Crippen molar-refractivity contribution >= 4 is 0 Å². The van der Waals surface area contributed by atoms with Crippen molar-refractivity contribution in [2.24, 2.45) is 7.05 Å². The van der Waals surface area contributed by atoms with Crippen LogP contribution in [0.25, 0.3) is 5.69 Å². The van der Waals surface area contributed by atoms with Crippen LogP contribution >= 0.6 is 0 Å². The fourth-order valence-electron chi connectivity index (χ4n) is 2.10. The highest BCUT2D eigenvalue weighted by atomic mass is 19.4. The Bertz CT molecular complexity index is 853. The van der Waals surface area contributed by atoms with E-state index in [1.54, 1.807) is 0 Å². The quantitative estimate of drug-likeness (QED) is 0.857. The third-order valence-corrected chi connectivity index (χ3v) is 3.24. The van der Waals surface area contributed by atoms with Gasteiger partial charge >= 0.3 is 11.9 Å². The minimum atomic E-state index is -4.80. The Balaban J connectivity index is 2.74. The van der Waals surface area contributed by atoms with Crippen molar-refractivity contribution in [1.29, 1.82) is 0 Å². The normalized spacial score (nSPS) is 11.4. The molecule has 0 spiro atoms. The Labute approximate surface area is 128 Å². The van der Waals surface area contributed by atoms with E-state index in [-0.39, 0.29) is 11.4 Å². The minimum absolute atomic E-state index is 0.0713. The molecule has 0 aliphatic heterocycles. The Morgan fingerprint density at radius 1 is 1.00 bits per heavy atom. The van der Waals surface area contributed by atoms with Gasteiger partial charge in [-0.15, -0.1) is 0 Å². The van der Waals surface area contributed by atoms with Gasteiger partial charge in [0.05, 0.1) is 19.9 Å². The molecule has 0 unspecified atom stereocenters. The minimum Gasteiger partial charge on any atom is -0.493 e. The van der Waals surface area contributed by atoms with Gasteiger partial charge in [-0.05, 0) is 12.1 Å². The molecule has 0 aliphatic carbocycles. The van der Waals surface area contributed by atoms with Crippen LogP contribution in [0.4, 0.5) is 13.2 Å². The number of halogens is 3. The lowest BCUT2D eigenvalue weighted by atomic mass is 10.2. The van der Waals surface area contributed by atoms with Crippen LogP contribution in [0.3, 0.4) is 0 Å². The van der Waals surface area contributed by atoms with E-state index in [0.29, 0.717) is 21.0 Å². The second kappa shape index (κ2) is 5.82. The van der Waals surface area contributed by atoms with E-state index in [1.165, 1.54) is 32.4 Å². The monoisotopic (exact) mass is 330 g/mol. The van der Waals surface area contributed by atoms with Gasteiger partial charge in [0.1, 0.15) is 5.69 Å². The zero-order valence-electron chi connectivity index (χ0n) is 12.5. The smallest absolute Gasteiger partial charge is 0.431 e. The number of methoxy groups -OCH3 is 2. The molecule has 1 aromatic carbocycles. The lowest BCUT2D eigenvalue weighted by Gasteiger charge is -2.15. The molecule has 1 heterocycles. The van der Waals surface area contributed by atoms with Gasteiger partial charge in [0.25, 0.3) is 5.56 Å². The number of rotatable bonds is 3. The summed E-state index contributed by atoms with van der Waals surface area (Å²) < 4.78 is 49.5. The molecule has 0 aliphatic rings. The van der Waals surface area contributed by atoms with E-state index in [1.807, 2.05) is 0 Å². The van der Waals surface area contributed by atoms with Crippen molar-refractivity contribution in [1.82, 2.24) is 9.13 Å². The first-order valence-electron chi connectivity index (χ1n) is 6.33. The molecule has 0 amide bonds. The highest BCUT2D eigenvalue weighted by Crippen LogP contribution is 2.29. The predicted molar refractivity (Wildman–Crippen MR) is 75.4 cm³/mol. The fraction of sp³-hybridized carbons (Fsp3) is 0.286. The SMILES string of the molecule is COc1ccc(-n2c(=O)cc(C(F)(F)F)n(C)c2=O)cc1OC. The average molecular weight is 330 g/mol. The van der Waals surface area contributed by atoms with Crippen LogP contribution in [0.1, 0.15) is 5.69 Å². The second-order valence-corrected chi connectivity index (χ2v) is 4.58. The number of benzene rings is 1. The predicted octanol–water partition coefficient (Wildman–Crippen LogP) is 1.57. The zero-order chi connectivity index (χ0) is 17.4. The summed E-state index contributed by atoms with van der Waals surface area (Å²) in [6.07, 6.45) is -4.80. The van der Waals surface area contributed by atoms with Gasteiger partial charge in [-0.1, -0.05) is 0 Å². The van der Waals surface area contributed by atoms with Gasteiger partial charge in [0, 0.05) is 19.2 Å². The Morgan fingerprint density at radius 3 is 2.13 bits per heavy atom. The largest absolute Gasteiger partial charge is 0.493 e. The molecular formula is C14H13F3N2O4. The van der Waals surface area contributed by atoms with E-state index >= 15 is 0 Å². The molecule has 6 nitrogen and oxygen atoms in total. The summed E-state index contributed by atoms with van der Waals surface area (Å²) in [7, 11) is 3.71. The van der Waals surface area contributed by atoms with Crippen molar-refractivity contribution in [2.75, 3.05) is 14.2 Å². The first-order valence-corrected chi connectivity index (χ1v) is 6.33.